The summed E-state index contributed by atoms with van der Waals surface area (Å²) in [6.07, 6.45) is 6.60. The summed E-state index contributed by atoms with van der Waals surface area (Å²) in [7, 11) is 0. The second-order valence-corrected chi connectivity index (χ2v) is 10.6. The number of nitrogens with zero attached hydrogens (tertiary/aromatic N) is 3. The largest absolute Gasteiger partial charge is 0.462 e. The standard InChI is InChI=1S/C24H29N3O8/c28-22(24-11-15-8-16(12-24)10-17(9-15)13-24)35-18-4-6-25(7-5-18)23(29)34-14-19-20(26(30)31)2-1-3-21(19)27(32)33/h1-3,15-18H,4-14H2. The van der Waals surface area contributed by atoms with E-state index in [9.17, 15) is 29.8 Å². The van der Waals surface area contributed by atoms with Crippen molar-refractivity contribution in [3.8, 4) is 0 Å². The molecule has 188 valence electrons. The first-order valence-electron chi connectivity index (χ1n) is 12.3. The molecule has 4 aliphatic carbocycles. The van der Waals surface area contributed by atoms with Crippen LogP contribution in [0.15, 0.2) is 18.2 Å². The molecule has 1 saturated heterocycles. The molecule has 4 bridgehead atoms. The van der Waals surface area contributed by atoms with Crippen molar-refractivity contribution in [3.05, 3.63) is 44.0 Å². The zero-order chi connectivity index (χ0) is 24.7. The number of rotatable bonds is 6. The van der Waals surface area contributed by atoms with Crippen LogP contribution in [-0.2, 0) is 20.9 Å². The maximum Gasteiger partial charge on any atom is 0.410 e. The molecule has 1 amide bonds. The van der Waals surface area contributed by atoms with Crippen LogP contribution < -0.4 is 0 Å². The maximum atomic E-state index is 13.2. The van der Waals surface area contributed by atoms with Gasteiger partial charge in [0.2, 0.25) is 0 Å². The van der Waals surface area contributed by atoms with Crippen molar-refractivity contribution in [2.24, 2.45) is 23.2 Å². The Hall–Kier alpha value is -3.24. The molecule has 11 heteroatoms. The van der Waals surface area contributed by atoms with Crippen molar-refractivity contribution >= 4 is 23.4 Å². The van der Waals surface area contributed by atoms with Gasteiger partial charge in [0.25, 0.3) is 11.4 Å². The van der Waals surface area contributed by atoms with Crippen molar-refractivity contribution in [2.45, 2.75) is 64.1 Å². The molecule has 6 rings (SSSR count). The molecule has 4 saturated carbocycles. The normalized spacial score (nSPS) is 29.6. The van der Waals surface area contributed by atoms with Gasteiger partial charge in [-0.3, -0.25) is 25.0 Å². The van der Waals surface area contributed by atoms with Crippen molar-refractivity contribution in [2.75, 3.05) is 13.1 Å². The quantitative estimate of drug-likeness (QED) is 0.327. The molecule has 0 aromatic heterocycles. The molecule has 1 aromatic carbocycles. The van der Waals surface area contributed by atoms with Crippen molar-refractivity contribution in [1.82, 2.24) is 4.90 Å². The maximum absolute atomic E-state index is 13.2. The number of benzene rings is 1. The second kappa shape index (κ2) is 9.09. The van der Waals surface area contributed by atoms with E-state index in [2.05, 4.69) is 0 Å². The van der Waals surface area contributed by atoms with Gasteiger partial charge in [0.05, 0.1) is 15.3 Å². The van der Waals surface area contributed by atoms with Gasteiger partial charge in [-0.2, -0.15) is 0 Å². The third kappa shape index (κ3) is 4.55. The number of carbonyl (C=O) groups excluding carboxylic acids is 2. The van der Waals surface area contributed by atoms with Crippen LogP contribution >= 0.6 is 0 Å². The first kappa shape index (κ1) is 23.5. The molecule has 0 atom stereocenters. The Bertz CT molecular complexity index is 982. The van der Waals surface area contributed by atoms with Gasteiger partial charge in [0.1, 0.15) is 18.3 Å². The van der Waals surface area contributed by atoms with Crippen LogP contribution in [0.25, 0.3) is 0 Å². The number of amides is 1. The number of hydrogen-bond acceptors (Lipinski definition) is 8. The fraction of sp³-hybridized carbons (Fsp3) is 0.667. The van der Waals surface area contributed by atoms with Crippen LogP contribution in [0.5, 0.6) is 0 Å². The predicted molar refractivity (Wildman–Crippen MR) is 121 cm³/mol. The summed E-state index contributed by atoms with van der Waals surface area (Å²) in [5, 5.41) is 22.5. The summed E-state index contributed by atoms with van der Waals surface area (Å²) in [6, 6.07) is 3.50. The minimum absolute atomic E-state index is 0.0682. The molecule has 1 heterocycles. The van der Waals surface area contributed by atoms with E-state index in [0.29, 0.717) is 43.7 Å². The first-order valence-corrected chi connectivity index (χ1v) is 12.3. The molecule has 5 fully saturated rings. The van der Waals surface area contributed by atoms with Gasteiger partial charge in [-0.25, -0.2) is 4.79 Å². The van der Waals surface area contributed by atoms with E-state index < -0.39 is 33.9 Å². The average molecular weight is 488 g/mol. The van der Waals surface area contributed by atoms with Crippen molar-refractivity contribution in [3.63, 3.8) is 0 Å². The Kier molecular flexibility index (Phi) is 6.10. The molecule has 0 N–H and O–H groups in total. The van der Waals surface area contributed by atoms with Crippen LogP contribution in [0.3, 0.4) is 0 Å². The smallest absolute Gasteiger partial charge is 0.410 e. The fourth-order valence-electron chi connectivity index (χ4n) is 7.07. The number of ether oxygens (including phenoxy) is 2. The van der Waals surface area contributed by atoms with Crippen LogP contribution in [0, 0.1) is 43.4 Å². The van der Waals surface area contributed by atoms with E-state index in [1.54, 1.807) is 0 Å². The summed E-state index contributed by atoms with van der Waals surface area (Å²) in [6.45, 7) is 0.0560. The molecule has 0 unspecified atom stereocenters. The van der Waals surface area contributed by atoms with E-state index in [4.69, 9.17) is 9.47 Å². The highest BCUT2D eigenvalue weighted by Gasteiger charge is 2.55. The van der Waals surface area contributed by atoms with Gasteiger partial charge < -0.3 is 14.4 Å². The van der Waals surface area contributed by atoms with E-state index in [-0.39, 0.29) is 23.1 Å². The Morgan fingerprint density at radius 2 is 1.46 bits per heavy atom. The molecule has 1 aromatic rings. The van der Waals surface area contributed by atoms with Gasteiger partial charge in [0, 0.05) is 38.1 Å². The van der Waals surface area contributed by atoms with Gasteiger partial charge in [0.15, 0.2) is 0 Å². The van der Waals surface area contributed by atoms with E-state index >= 15 is 0 Å². The first-order chi connectivity index (χ1) is 16.7. The molecule has 35 heavy (non-hydrogen) atoms. The average Bonchev–Trinajstić information content (AvgIpc) is 2.81. The number of hydrogen-bond donors (Lipinski definition) is 0. The molecule has 1 aliphatic heterocycles. The SMILES string of the molecule is O=C(OCc1c([N+](=O)[O-])cccc1[N+](=O)[O-])N1CCC(OC(=O)C23CC4CC(CC(C4)C2)C3)CC1. The predicted octanol–water partition coefficient (Wildman–Crippen LogP) is 4.36. The van der Waals surface area contributed by atoms with Gasteiger partial charge >= 0.3 is 12.1 Å². The minimum atomic E-state index is -0.736. The van der Waals surface area contributed by atoms with Crippen LogP contribution in [0.1, 0.15) is 56.9 Å². The Morgan fingerprint density at radius 1 is 0.943 bits per heavy atom. The highest BCUT2D eigenvalue weighted by Crippen LogP contribution is 2.60. The summed E-state index contributed by atoms with van der Waals surface area (Å²) in [4.78, 5) is 48.2. The third-order valence-corrected chi connectivity index (χ3v) is 8.31. The van der Waals surface area contributed by atoms with Gasteiger partial charge in [-0.1, -0.05) is 0 Å². The highest BCUT2D eigenvalue weighted by atomic mass is 16.6. The highest BCUT2D eigenvalue weighted by molar-refractivity contribution is 5.78. The van der Waals surface area contributed by atoms with Crippen LogP contribution in [0.2, 0.25) is 0 Å². The Morgan fingerprint density at radius 3 is 1.94 bits per heavy atom. The van der Waals surface area contributed by atoms with Crippen LogP contribution in [-0.4, -0.2) is 46.0 Å². The third-order valence-electron chi connectivity index (χ3n) is 8.31. The molecular formula is C24H29N3O8. The summed E-state index contributed by atoms with van der Waals surface area (Å²) < 4.78 is 11.2. The number of likely N-dealkylation sites (tertiary alicyclic amines) is 1. The molecule has 11 nitrogen and oxygen atoms in total. The van der Waals surface area contributed by atoms with E-state index in [1.165, 1.54) is 30.2 Å². The number of nitro groups is 2. The molecular weight excluding hydrogens is 458 g/mol. The molecule has 0 radical (unpaired) electrons. The fourth-order valence-corrected chi connectivity index (χ4v) is 7.07. The van der Waals surface area contributed by atoms with E-state index in [1.807, 2.05) is 0 Å². The number of esters is 1. The lowest BCUT2D eigenvalue weighted by molar-refractivity contribution is -0.396. The number of piperidine rings is 1. The van der Waals surface area contributed by atoms with Crippen LogP contribution in [0.4, 0.5) is 16.2 Å². The Labute approximate surface area is 202 Å². The summed E-state index contributed by atoms with van der Waals surface area (Å²) >= 11 is 0. The van der Waals surface area contributed by atoms with Gasteiger partial charge in [-0.05, 0) is 62.3 Å². The lowest BCUT2D eigenvalue weighted by Gasteiger charge is -2.55. The summed E-state index contributed by atoms with van der Waals surface area (Å²) in [5.41, 5.74) is -1.51. The number of nitro benzene ring substituents is 2. The Balaban J connectivity index is 1.14. The minimum Gasteiger partial charge on any atom is -0.462 e. The molecule has 0 spiro atoms. The topological polar surface area (TPSA) is 142 Å². The van der Waals surface area contributed by atoms with Crippen molar-refractivity contribution in [1.29, 1.82) is 0 Å². The lowest BCUT2D eigenvalue weighted by Crippen LogP contribution is -2.51. The van der Waals surface area contributed by atoms with Gasteiger partial charge in [-0.15, -0.1) is 0 Å². The number of carbonyl (C=O) groups is 2. The zero-order valence-electron chi connectivity index (χ0n) is 19.4. The second-order valence-electron chi connectivity index (χ2n) is 10.6. The molecule has 5 aliphatic rings. The zero-order valence-corrected chi connectivity index (χ0v) is 19.4. The van der Waals surface area contributed by atoms with E-state index in [0.717, 1.165) is 31.4 Å². The monoisotopic (exact) mass is 487 g/mol. The van der Waals surface area contributed by atoms with Crippen molar-refractivity contribution < 1.29 is 28.9 Å². The lowest BCUT2D eigenvalue weighted by atomic mass is 9.49. The summed E-state index contributed by atoms with van der Waals surface area (Å²) in [5.74, 6) is 1.89.